The summed E-state index contributed by atoms with van der Waals surface area (Å²) >= 11 is 5.97. The molecule has 0 aliphatic carbocycles. The van der Waals surface area contributed by atoms with Crippen molar-refractivity contribution in [2.24, 2.45) is 0 Å². The topological polar surface area (TPSA) is 65.6 Å². The molecule has 0 saturated carbocycles. The van der Waals surface area contributed by atoms with Gasteiger partial charge in [0.15, 0.2) is 0 Å². The van der Waals surface area contributed by atoms with Crippen LogP contribution in [0, 0.1) is 0 Å². The summed E-state index contributed by atoms with van der Waals surface area (Å²) in [5.74, 6) is 1.20. The van der Waals surface area contributed by atoms with E-state index in [1.165, 1.54) is 0 Å². The van der Waals surface area contributed by atoms with Crippen molar-refractivity contribution in [3.05, 3.63) is 47.5 Å². The molecule has 32 heavy (non-hydrogen) atoms. The number of urea groups is 1. The molecule has 9 heteroatoms. The fourth-order valence-corrected chi connectivity index (χ4v) is 4.22. The van der Waals surface area contributed by atoms with Crippen molar-refractivity contribution in [3.8, 4) is 11.5 Å². The minimum absolute atomic E-state index is 0.0337. The van der Waals surface area contributed by atoms with Gasteiger partial charge in [0.05, 0.1) is 19.9 Å². The number of amides is 3. The van der Waals surface area contributed by atoms with E-state index in [9.17, 15) is 9.59 Å². The molecule has 0 atom stereocenters. The van der Waals surface area contributed by atoms with E-state index in [-0.39, 0.29) is 18.5 Å². The lowest BCUT2D eigenvalue weighted by atomic mass is 10.2. The highest BCUT2D eigenvalue weighted by atomic mass is 35.5. The number of methoxy groups -OCH3 is 2. The Morgan fingerprint density at radius 1 is 0.938 bits per heavy atom. The second-order valence-electron chi connectivity index (χ2n) is 7.74. The second-order valence-corrected chi connectivity index (χ2v) is 8.17. The zero-order valence-corrected chi connectivity index (χ0v) is 19.0. The van der Waals surface area contributed by atoms with Crippen LogP contribution < -0.4 is 19.3 Å². The van der Waals surface area contributed by atoms with E-state index in [4.69, 9.17) is 21.1 Å². The molecule has 170 valence electrons. The predicted octanol–water partition coefficient (Wildman–Crippen LogP) is 2.95. The molecule has 0 unspecified atom stereocenters. The quantitative estimate of drug-likeness (QED) is 0.666. The average Bonchev–Trinajstić information content (AvgIpc) is 3.18. The monoisotopic (exact) mass is 458 g/mol. The number of carbonyl (C=O) groups excluding carboxylic acids is 2. The molecule has 8 nitrogen and oxygen atoms in total. The maximum Gasteiger partial charge on any atom is 0.325 e. The van der Waals surface area contributed by atoms with Crippen molar-refractivity contribution in [1.82, 2.24) is 9.80 Å². The molecule has 2 saturated heterocycles. The minimum Gasteiger partial charge on any atom is -0.497 e. The summed E-state index contributed by atoms with van der Waals surface area (Å²) in [6, 6.07) is 12.9. The smallest absolute Gasteiger partial charge is 0.325 e. The number of benzene rings is 2. The van der Waals surface area contributed by atoms with Gasteiger partial charge in [0.25, 0.3) is 0 Å². The van der Waals surface area contributed by atoms with E-state index in [1.54, 1.807) is 42.2 Å². The third-order valence-corrected chi connectivity index (χ3v) is 6.17. The van der Waals surface area contributed by atoms with Crippen LogP contribution in [0.3, 0.4) is 0 Å². The van der Waals surface area contributed by atoms with Gasteiger partial charge < -0.3 is 24.2 Å². The highest BCUT2D eigenvalue weighted by Crippen LogP contribution is 2.34. The first-order valence-corrected chi connectivity index (χ1v) is 10.9. The van der Waals surface area contributed by atoms with E-state index >= 15 is 0 Å². The zero-order chi connectivity index (χ0) is 22.7. The average molecular weight is 459 g/mol. The Balaban J connectivity index is 1.35. The van der Waals surface area contributed by atoms with Crippen molar-refractivity contribution < 1.29 is 19.1 Å². The number of piperazine rings is 1. The summed E-state index contributed by atoms with van der Waals surface area (Å²) in [5, 5.41) is 0.707. The van der Waals surface area contributed by atoms with Gasteiger partial charge in [-0.1, -0.05) is 11.6 Å². The minimum atomic E-state index is -0.204. The van der Waals surface area contributed by atoms with Gasteiger partial charge in [-0.15, -0.1) is 0 Å². The van der Waals surface area contributed by atoms with Gasteiger partial charge in [0.1, 0.15) is 18.0 Å². The molecular weight excluding hydrogens is 432 g/mol. The Kier molecular flexibility index (Phi) is 6.60. The molecule has 2 fully saturated rings. The molecular formula is C23H27ClN4O4. The second kappa shape index (κ2) is 9.56. The maximum atomic E-state index is 13.0. The van der Waals surface area contributed by atoms with E-state index in [1.807, 2.05) is 29.2 Å². The molecule has 4 rings (SSSR count). The number of halogens is 1. The van der Waals surface area contributed by atoms with Crippen LogP contribution in [-0.4, -0.2) is 81.8 Å². The van der Waals surface area contributed by atoms with Crippen molar-refractivity contribution in [2.75, 3.05) is 69.8 Å². The van der Waals surface area contributed by atoms with Gasteiger partial charge in [0.2, 0.25) is 5.91 Å². The van der Waals surface area contributed by atoms with Crippen molar-refractivity contribution in [2.45, 2.75) is 0 Å². The van der Waals surface area contributed by atoms with E-state index < -0.39 is 0 Å². The summed E-state index contributed by atoms with van der Waals surface area (Å²) in [6.07, 6.45) is 0. The number of rotatable bonds is 6. The van der Waals surface area contributed by atoms with Crippen LogP contribution >= 0.6 is 11.6 Å². The van der Waals surface area contributed by atoms with Crippen LogP contribution in [0.1, 0.15) is 0 Å². The Bertz CT molecular complexity index is 976. The third-order valence-electron chi connectivity index (χ3n) is 5.92. The molecule has 2 aliphatic rings. The Morgan fingerprint density at radius 2 is 1.66 bits per heavy atom. The lowest BCUT2D eigenvalue weighted by molar-refractivity contribution is -0.131. The van der Waals surface area contributed by atoms with E-state index in [0.29, 0.717) is 48.4 Å². The van der Waals surface area contributed by atoms with Crippen LogP contribution in [0.2, 0.25) is 5.02 Å². The number of anilines is 2. The molecule has 0 bridgehead atoms. The van der Waals surface area contributed by atoms with Gasteiger partial charge in [-0.2, -0.15) is 0 Å². The predicted molar refractivity (Wildman–Crippen MR) is 124 cm³/mol. The summed E-state index contributed by atoms with van der Waals surface area (Å²) in [6.45, 7) is 3.77. The molecule has 2 heterocycles. The number of nitrogens with zero attached hydrogens (tertiary/aromatic N) is 4. The summed E-state index contributed by atoms with van der Waals surface area (Å²) < 4.78 is 10.7. The van der Waals surface area contributed by atoms with Crippen LogP contribution in [-0.2, 0) is 4.79 Å². The lowest BCUT2D eigenvalue weighted by Gasteiger charge is -2.36. The molecule has 0 radical (unpaired) electrons. The fraction of sp³-hybridized carbons (Fsp3) is 0.391. The fourth-order valence-electron chi connectivity index (χ4n) is 4.09. The summed E-state index contributed by atoms with van der Waals surface area (Å²) in [7, 11) is 3.14. The van der Waals surface area contributed by atoms with Gasteiger partial charge in [-0.05, 0) is 36.4 Å². The maximum absolute atomic E-state index is 13.0. The lowest BCUT2D eigenvalue weighted by Crippen LogP contribution is -2.51. The van der Waals surface area contributed by atoms with E-state index in [0.717, 1.165) is 18.8 Å². The van der Waals surface area contributed by atoms with E-state index in [2.05, 4.69) is 4.90 Å². The van der Waals surface area contributed by atoms with Crippen LogP contribution in [0.5, 0.6) is 11.5 Å². The molecule has 3 amide bonds. The van der Waals surface area contributed by atoms with Crippen LogP contribution in [0.25, 0.3) is 0 Å². The van der Waals surface area contributed by atoms with Gasteiger partial charge in [-0.25, -0.2) is 4.79 Å². The first-order chi connectivity index (χ1) is 15.5. The number of ether oxygens (including phenoxy) is 2. The largest absolute Gasteiger partial charge is 0.497 e. The highest BCUT2D eigenvalue weighted by Gasteiger charge is 2.34. The first kappa shape index (κ1) is 22.1. The molecule has 2 aromatic carbocycles. The Labute approximate surface area is 192 Å². The van der Waals surface area contributed by atoms with Crippen molar-refractivity contribution in [1.29, 1.82) is 0 Å². The van der Waals surface area contributed by atoms with Crippen molar-refractivity contribution >= 4 is 34.9 Å². The van der Waals surface area contributed by atoms with Gasteiger partial charge >= 0.3 is 6.03 Å². The zero-order valence-electron chi connectivity index (χ0n) is 18.3. The SMILES string of the molecule is COc1ccc(OC)c(N2CCN(CC(=O)N3CCN(c4ccc(Cl)cc4)CC3)C2=O)c1. The Morgan fingerprint density at radius 3 is 2.31 bits per heavy atom. The number of hydrogen-bond donors (Lipinski definition) is 0. The van der Waals surface area contributed by atoms with Crippen LogP contribution in [0.4, 0.5) is 16.2 Å². The Hall–Kier alpha value is -3.13. The summed E-state index contributed by atoms with van der Waals surface area (Å²) in [4.78, 5) is 33.2. The van der Waals surface area contributed by atoms with Crippen molar-refractivity contribution in [3.63, 3.8) is 0 Å². The third kappa shape index (κ3) is 4.55. The standard InChI is InChI=1S/C23H27ClN4O4/c1-31-19-7-8-21(32-2)20(15-19)28-14-13-27(23(28)30)16-22(29)26-11-9-25(10-12-26)18-5-3-17(24)4-6-18/h3-8,15H,9-14,16H2,1-2H3. The molecule has 0 aromatic heterocycles. The highest BCUT2D eigenvalue weighted by molar-refractivity contribution is 6.30. The summed E-state index contributed by atoms with van der Waals surface area (Å²) in [5.41, 5.74) is 1.74. The van der Waals surface area contributed by atoms with Crippen LogP contribution in [0.15, 0.2) is 42.5 Å². The number of hydrogen-bond acceptors (Lipinski definition) is 5. The normalized spacial score (nSPS) is 16.5. The molecule has 0 N–H and O–H groups in total. The molecule has 0 spiro atoms. The van der Waals surface area contributed by atoms with Gasteiger partial charge in [-0.3, -0.25) is 9.69 Å². The number of carbonyl (C=O) groups is 2. The van der Waals surface area contributed by atoms with Gasteiger partial charge in [0, 0.05) is 56.0 Å². The molecule has 2 aliphatic heterocycles. The molecule has 2 aromatic rings. The first-order valence-electron chi connectivity index (χ1n) is 10.6.